The lowest BCUT2D eigenvalue weighted by atomic mass is 9.74. The summed E-state index contributed by atoms with van der Waals surface area (Å²) in [5.41, 5.74) is 1.55. The molecule has 1 aliphatic carbocycles. The molecule has 1 saturated heterocycles. The normalized spacial score (nSPS) is 24.5. The van der Waals surface area contributed by atoms with Crippen LogP contribution in [0.1, 0.15) is 30.1 Å². The van der Waals surface area contributed by atoms with E-state index in [1.807, 2.05) is 24.3 Å². The molecular weight excluding hydrogens is 508 g/mol. The number of ether oxygens (including phenoxy) is 9. The van der Waals surface area contributed by atoms with Gasteiger partial charge in [-0.05, 0) is 18.2 Å². The second kappa shape index (κ2) is 10.6. The number of carbonyl (C=O) groups excluding carboxylic acids is 1. The van der Waals surface area contributed by atoms with Crippen LogP contribution in [0, 0.1) is 5.92 Å². The van der Waals surface area contributed by atoms with Crippen LogP contribution in [0.4, 0.5) is 0 Å². The molecule has 3 aliphatic rings. The molecule has 0 aromatic heterocycles. The van der Waals surface area contributed by atoms with Crippen LogP contribution in [0.25, 0.3) is 0 Å². The molecule has 39 heavy (non-hydrogen) atoms. The van der Waals surface area contributed by atoms with Crippen molar-refractivity contribution in [3.8, 4) is 34.5 Å². The van der Waals surface area contributed by atoms with Gasteiger partial charge in [0.25, 0.3) is 0 Å². The Kier molecular flexibility index (Phi) is 7.22. The summed E-state index contributed by atoms with van der Waals surface area (Å²) in [4.78, 5) is 12.1. The average Bonchev–Trinajstić information content (AvgIpc) is 3.34. The van der Waals surface area contributed by atoms with Gasteiger partial charge in [-0.3, -0.25) is 4.79 Å². The molecule has 0 N–H and O–H groups in total. The molecule has 0 spiro atoms. The van der Waals surface area contributed by atoms with Crippen molar-refractivity contribution in [3.63, 3.8) is 0 Å². The molecule has 5 rings (SSSR count). The summed E-state index contributed by atoms with van der Waals surface area (Å²) in [7, 11) is 9.40. The minimum atomic E-state index is -0.600. The molecule has 0 saturated carbocycles. The summed E-state index contributed by atoms with van der Waals surface area (Å²) in [6.07, 6.45) is 2.05. The number of carbonyl (C=O) groups is 1. The van der Waals surface area contributed by atoms with Crippen molar-refractivity contribution in [1.82, 2.24) is 0 Å². The second-order valence-corrected chi connectivity index (χ2v) is 9.27. The number of methoxy groups -OCH3 is 6. The molecule has 10 nitrogen and oxygen atoms in total. The van der Waals surface area contributed by atoms with Gasteiger partial charge < -0.3 is 42.6 Å². The summed E-state index contributed by atoms with van der Waals surface area (Å²) in [5.74, 6) is 3.05. The van der Waals surface area contributed by atoms with Gasteiger partial charge in [0.1, 0.15) is 34.9 Å². The Morgan fingerprint density at radius 3 is 2.05 bits per heavy atom. The molecule has 2 aromatic carbocycles. The Balaban J connectivity index is 1.72. The highest BCUT2D eigenvalue weighted by atomic mass is 16.6. The zero-order chi connectivity index (χ0) is 27.8. The predicted molar refractivity (Wildman–Crippen MR) is 139 cm³/mol. The predicted octanol–water partition coefficient (Wildman–Crippen LogP) is 4.32. The summed E-state index contributed by atoms with van der Waals surface area (Å²) in [6.45, 7) is 1.37. The van der Waals surface area contributed by atoms with E-state index in [1.54, 1.807) is 54.8 Å². The highest BCUT2D eigenvalue weighted by Crippen LogP contribution is 2.59. The van der Waals surface area contributed by atoms with E-state index in [1.165, 1.54) is 6.92 Å². The quantitative estimate of drug-likeness (QED) is 0.450. The van der Waals surface area contributed by atoms with Crippen LogP contribution >= 0.6 is 0 Å². The number of rotatable bonds is 8. The Morgan fingerprint density at radius 2 is 1.49 bits per heavy atom. The highest BCUT2D eigenvalue weighted by molar-refractivity contribution is 5.68. The van der Waals surface area contributed by atoms with Crippen LogP contribution in [0.15, 0.2) is 47.9 Å². The van der Waals surface area contributed by atoms with Crippen molar-refractivity contribution in [1.29, 1.82) is 0 Å². The number of benzene rings is 2. The van der Waals surface area contributed by atoms with Crippen molar-refractivity contribution in [2.24, 2.45) is 5.92 Å². The number of hydrogen-bond donors (Lipinski definition) is 0. The Morgan fingerprint density at radius 1 is 0.795 bits per heavy atom. The van der Waals surface area contributed by atoms with Gasteiger partial charge in [0, 0.05) is 42.2 Å². The summed E-state index contributed by atoms with van der Waals surface area (Å²) in [6, 6.07) is 7.31. The lowest BCUT2D eigenvalue weighted by molar-refractivity contribution is -0.138. The first-order valence-corrected chi connectivity index (χ1v) is 12.4. The third-order valence-corrected chi connectivity index (χ3v) is 7.28. The Labute approximate surface area is 226 Å². The molecule has 208 valence electrons. The summed E-state index contributed by atoms with van der Waals surface area (Å²) in [5, 5.41) is 0. The summed E-state index contributed by atoms with van der Waals surface area (Å²) < 4.78 is 52.6. The van der Waals surface area contributed by atoms with E-state index >= 15 is 0 Å². The van der Waals surface area contributed by atoms with E-state index in [-0.39, 0.29) is 11.8 Å². The molecular formula is C29H32O10. The number of allylic oxidation sites excluding steroid dienone is 1. The smallest absolute Gasteiger partial charge is 0.307 e. The molecule has 2 aliphatic heterocycles. The lowest BCUT2D eigenvalue weighted by Crippen LogP contribution is -2.35. The van der Waals surface area contributed by atoms with Crippen LogP contribution in [0.3, 0.4) is 0 Å². The molecule has 0 amide bonds. The van der Waals surface area contributed by atoms with Gasteiger partial charge in [-0.25, -0.2) is 0 Å². The molecule has 2 unspecified atom stereocenters. The van der Waals surface area contributed by atoms with Gasteiger partial charge in [0.2, 0.25) is 5.75 Å². The largest absolute Gasteiger partial charge is 0.497 e. The van der Waals surface area contributed by atoms with Crippen LogP contribution in [-0.2, 0) is 19.0 Å². The van der Waals surface area contributed by atoms with Crippen molar-refractivity contribution >= 4 is 5.97 Å². The van der Waals surface area contributed by atoms with Gasteiger partial charge in [-0.15, -0.1) is 0 Å². The zero-order valence-corrected chi connectivity index (χ0v) is 22.9. The van der Waals surface area contributed by atoms with Crippen molar-refractivity contribution in [2.45, 2.75) is 31.2 Å². The van der Waals surface area contributed by atoms with E-state index in [9.17, 15) is 4.79 Å². The first-order valence-electron chi connectivity index (χ1n) is 12.4. The van der Waals surface area contributed by atoms with E-state index in [2.05, 4.69) is 0 Å². The van der Waals surface area contributed by atoms with Crippen LogP contribution in [0.2, 0.25) is 0 Å². The lowest BCUT2D eigenvalue weighted by Gasteiger charge is -2.38. The Bertz CT molecular complexity index is 1300. The fourth-order valence-electron chi connectivity index (χ4n) is 5.70. The zero-order valence-electron chi connectivity index (χ0n) is 22.9. The van der Waals surface area contributed by atoms with Gasteiger partial charge in [-0.1, -0.05) is 0 Å². The first kappa shape index (κ1) is 26.6. The van der Waals surface area contributed by atoms with Crippen molar-refractivity contribution in [2.75, 3.05) is 42.7 Å². The third-order valence-electron chi connectivity index (χ3n) is 7.28. The first-order chi connectivity index (χ1) is 18.9. The molecule has 2 aromatic rings. The summed E-state index contributed by atoms with van der Waals surface area (Å²) >= 11 is 0. The van der Waals surface area contributed by atoms with Crippen molar-refractivity contribution < 1.29 is 47.4 Å². The van der Waals surface area contributed by atoms with Gasteiger partial charge >= 0.3 is 5.97 Å². The van der Waals surface area contributed by atoms with E-state index < -0.39 is 24.3 Å². The fourth-order valence-corrected chi connectivity index (χ4v) is 5.70. The van der Waals surface area contributed by atoms with Crippen molar-refractivity contribution in [3.05, 3.63) is 59.1 Å². The number of esters is 1. The maximum absolute atomic E-state index is 12.1. The molecule has 2 heterocycles. The minimum Gasteiger partial charge on any atom is -0.497 e. The topological polar surface area (TPSA) is 100 Å². The maximum atomic E-state index is 12.1. The number of fused-ring (bicyclic) bond motifs is 5. The standard InChI is InChI=1S/C29H32O10/c1-14(30)37-19-11-17(32-3)13-21-25(19)26-24-18(33-4)10-16(31-2)12-20(24)38-27(29(26)39-21)15-8-22(34-5)28(36-7)23(9-15)35-6/h8-13,21,25-27,29H,1-7H3/t21?,25?,26-,27+,29+/m0/s1. The van der Waals surface area contributed by atoms with Crippen LogP contribution in [-0.4, -0.2) is 60.8 Å². The minimum absolute atomic E-state index is 0.316. The highest BCUT2D eigenvalue weighted by Gasteiger charge is 2.56. The van der Waals surface area contributed by atoms with Gasteiger partial charge in [0.05, 0.1) is 54.7 Å². The third kappa shape index (κ3) is 4.48. The van der Waals surface area contributed by atoms with E-state index in [0.29, 0.717) is 46.0 Å². The fraction of sp³-hybridized carbons (Fsp3) is 0.414. The second-order valence-electron chi connectivity index (χ2n) is 9.27. The Hall–Kier alpha value is -4.05. The molecule has 10 heteroatoms. The molecule has 1 fully saturated rings. The number of hydrogen-bond acceptors (Lipinski definition) is 10. The SMILES string of the molecule is COC1=CC2O[C@H]3[C@@H](c4cc(OC)c(OC)c(OC)c4)Oc4cc(OC)cc(OC)c4[C@H]3C2C(OC(C)=O)=C1. The van der Waals surface area contributed by atoms with E-state index in [4.69, 9.17) is 42.6 Å². The van der Waals surface area contributed by atoms with Crippen LogP contribution in [0.5, 0.6) is 34.5 Å². The monoisotopic (exact) mass is 540 g/mol. The van der Waals surface area contributed by atoms with Gasteiger partial charge in [0.15, 0.2) is 17.6 Å². The average molecular weight is 541 g/mol. The molecule has 5 atom stereocenters. The van der Waals surface area contributed by atoms with Gasteiger partial charge in [-0.2, -0.15) is 0 Å². The van der Waals surface area contributed by atoms with E-state index in [0.717, 1.165) is 11.1 Å². The van der Waals surface area contributed by atoms with Crippen LogP contribution < -0.4 is 28.4 Å². The molecule has 0 bridgehead atoms. The molecule has 0 radical (unpaired) electrons. The maximum Gasteiger partial charge on any atom is 0.307 e.